The second-order valence-electron chi connectivity index (χ2n) is 16.8. The van der Waals surface area contributed by atoms with E-state index in [1.807, 2.05) is 0 Å². The first-order valence-corrected chi connectivity index (χ1v) is 22.2. The van der Waals surface area contributed by atoms with Gasteiger partial charge in [0.05, 0.1) is 0 Å². The lowest BCUT2D eigenvalue weighted by Gasteiger charge is -2.24. The molecule has 0 unspecified atom stereocenters. The van der Waals surface area contributed by atoms with E-state index in [9.17, 15) is 0 Å². The summed E-state index contributed by atoms with van der Waals surface area (Å²) in [7, 11) is 0. The molecule has 1 aliphatic heterocycles. The zero-order valence-electron chi connectivity index (χ0n) is 35.7. The minimum atomic E-state index is 0.859. The molecule has 2 heterocycles. The molecule has 3 nitrogen and oxygen atoms in total. The molecule has 0 saturated carbocycles. The highest BCUT2D eigenvalue weighted by Crippen LogP contribution is 2.51. The van der Waals surface area contributed by atoms with E-state index in [-0.39, 0.29) is 0 Å². The van der Waals surface area contributed by atoms with Crippen molar-refractivity contribution >= 4 is 32.9 Å². The van der Waals surface area contributed by atoms with Crippen LogP contribution in [0.5, 0.6) is 0 Å². The fourth-order valence-electron chi connectivity index (χ4n) is 10.1. The van der Waals surface area contributed by atoms with Crippen LogP contribution in [-0.2, 0) is 12.8 Å². The quantitative estimate of drug-likeness (QED) is 0.107. The molecule has 0 atom stereocenters. The SMILES string of the molecule is Cc1nnc(C)c([N+]2=C(CCc3ccccc3)c3ccccc3CC2)c1-[c-]1c2cc(-c3ccccc3)c(-c3ccccc3)cc2c2cc(-c3ccccc3)c(-c3ccccc3)cc21. The van der Waals surface area contributed by atoms with E-state index in [4.69, 9.17) is 10.2 Å². The van der Waals surface area contributed by atoms with Crippen LogP contribution in [0.1, 0.15) is 34.5 Å². The summed E-state index contributed by atoms with van der Waals surface area (Å²) < 4.78 is 2.61. The Hall–Kier alpha value is -7.62. The number of rotatable bonds is 9. The number of aromatic nitrogens is 2. The first kappa shape index (κ1) is 38.3. The van der Waals surface area contributed by atoms with Crippen LogP contribution in [0.2, 0.25) is 0 Å². The van der Waals surface area contributed by atoms with Crippen LogP contribution in [0.25, 0.3) is 77.2 Å². The lowest BCUT2D eigenvalue weighted by molar-refractivity contribution is -0.443. The van der Waals surface area contributed by atoms with Crippen LogP contribution in [0.15, 0.2) is 200 Å². The van der Waals surface area contributed by atoms with Crippen molar-refractivity contribution < 1.29 is 4.58 Å². The molecule has 302 valence electrons. The normalized spacial score (nSPS) is 12.5. The molecule has 0 saturated heterocycles. The van der Waals surface area contributed by atoms with E-state index < -0.39 is 0 Å². The fraction of sp³-hybridized carbons (Fsp3) is 0.100. The highest BCUT2D eigenvalue weighted by molar-refractivity contribution is 6.27. The predicted octanol–water partition coefficient (Wildman–Crippen LogP) is 14.8. The number of nitrogens with zero attached hydrogens (tertiary/aromatic N) is 3. The molecule has 0 radical (unpaired) electrons. The molecule has 0 aliphatic carbocycles. The maximum absolute atomic E-state index is 4.97. The molecule has 11 rings (SSSR count). The van der Waals surface area contributed by atoms with Gasteiger partial charge in [0.25, 0.3) is 0 Å². The topological polar surface area (TPSA) is 28.8 Å². The van der Waals surface area contributed by atoms with Crippen molar-refractivity contribution in [2.75, 3.05) is 6.54 Å². The lowest BCUT2D eigenvalue weighted by Crippen LogP contribution is -2.28. The predicted molar refractivity (Wildman–Crippen MR) is 263 cm³/mol. The van der Waals surface area contributed by atoms with Crippen LogP contribution in [0, 0.1) is 13.8 Å². The van der Waals surface area contributed by atoms with Gasteiger partial charge in [-0.25, -0.2) is 4.58 Å². The molecular weight excluding hydrogens is 763 g/mol. The lowest BCUT2D eigenvalue weighted by atomic mass is 9.89. The number of benzene rings is 8. The Morgan fingerprint density at radius 1 is 0.444 bits per heavy atom. The van der Waals surface area contributed by atoms with Gasteiger partial charge < -0.3 is 0 Å². The number of hydrogen-bond acceptors (Lipinski definition) is 2. The van der Waals surface area contributed by atoms with Gasteiger partial charge in [-0.1, -0.05) is 221 Å². The first-order chi connectivity index (χ1) is 31.1. The number of aryl methyl sites for hydroxylation is 3. The van der Waals surface area contributed by atoms with Crippen molar-refractivity contribution in [2.24, 2.45) is 0 Å². The standard InChI is InChI=1S/C60H47N3/c1-40-58(60(41(2)62-61-40)63-35-34-47-30-18-19-31-48(47)57(63)33-32-42-20-8-3-9-21-42)59-55-38-51(45-26-14-6-15-27-45)49(43-22-10-4-11-23-43)36-53(55)54-37-50(44-24-12-5-13-25-44)52(39-56(54)59)46-28-16-7-17-29-46/h3-31,36-39H,32-35H2,1-2H3. The molecule has 0 N–H and O–H groups in total. The van der Waals surface area contributed by atoms with Crippen LogP contribution in [0.4, 0.5) is 5.69 Å². The Morgan fingerprint density at radius 3 is 1.38 bits per heavy atom. The maximum Gasteiger partial charge on any atom is 0.193 e. The second-order valence-corrected chi connectivity index (χ2v) is 16.8. The van der Waals surface area contributed by atoms with Crippen molar-refractivity contribution in [3.05, 3.63) is 228 Å². The van der Waals surface area contributed by atoms with Gasteiger partial charge >= 0.3 is 0 Å². The third kappa shape index (κ3) is 6.96. The third-order valence-electron chi connectivity index (χ3n) is 13.0. The summed E-state index contributed by atoms with van der Waals surface area (Å²) in [5.74, 6) is 0. The molecule has 0 bridgehead atoms. The Labute approximate surface area is 369 Å². The summed E-state index contributed by atoms with van der Waals surface area (Å²) in [6.07, 6.45) is 2.80. The molecule has 0 spiro atoms. The molecule has 9 aromatic carbocycles. The van der Waals surface area contributed by atoms with Gasteiger partial charge in [-0.2, -0.15) is 10.2 Å². The Bertz CT molecular complexity index is 3170. The molecule has 0 fully saturated rings. The van der Waals surface area contributed by atoms with E-state index in [0.29, 0.717) is 0 Å². The van der Waals surface area contributed by atoms with Gasteiger partial charge in [0.1, 0.15) is 12.2 Å². The summed E-state index contributed by atoms with van der Waals surface area (Å²) in [6, 6.07) is 73.3. The van der Waals surface area contributed by atoms with Crippen LogP contribution in [0.3, 0.4) is 0 Å². The monoisotopic (exact) mass is 809 g/mol. The molecule has 0 amide bonds. The average Bonchev–Trinajstić information content (AvgIpc) is 3.66. The van der Waals surface area contributed by atoms with Gasteiger partial charge in [-0.15, -0.1) is 0 Å². The Morgan fingerprint density at radius 2 is 0.873 bits per heavy atom. The minimum absolute atomic E-state index is 0.859. The molecule has 1 aromatic heterocycles. The average molecular weight is 810 g/mol. The highest BCUT2D eigenvalue weighted by Gasteiger charge is 2.31. The fourth-order valence-corrected chi connectivity index (χ4v) is 10.1. The van der Waals surface area contributed by atoms with Gasteiger partial charge in [0, 0.05) is 29.7 Å². The molecular formula is C60H47N3. The maximum atomic E-state index is 4.97. The van der Waals surface area contributed by atoms with Crippen LogP contribution in [-0.4, -0.2) is 27.0 Å². The van der Waals surface area contributed by atoms with Crippen LogP contribution < -0.4 is 0 Å². The van der Waals surface area contributed by atoms with Crippen molar-refractivity contribution in [1.29, 1.82) is 0 Å². The number of hydrogen-bond donors (Lipinski definition) is 0. The Kier molecular flexibility index (Phi) is 9.94. The Balaban J connectivity index is 1.28. The van der Waals surface area contributed by atoms with E-state index in [2.05, 4.69) is 219 Å². The van der Waals surface area contributed by atoms with Crippen molar-refractivity contribution in [2.45, 2.75) is 33.1 Å². The minimum Gasteiger partial charge on any atom is -0.216 e. The zero-order chi connectivity index (χ0) is 42.3. The first-order valence-electron chi connectivity index (χ1n) is 22.2. The van der Waals surface area contributed by atoms with E-state index in [0.717, 1.165) is 48.4 Å². The van der Waals surface area contributed by atoms with E-state index >= 15 is 0 Å². The smallest absolute Gasteiger partial charge is 0.193 e. The molecule has 63 heavy (non-hydrogen) atoms. The largest absolute Gasteiger partial charge is 0.216 e. The van der Waals surface area contributed by atoms with Crippen molar-refractivity contribution in [1.82, 2.24) is 10.2 Å². The van der Waals surface area contributed by atoms with Crippen molar-refractivity contribution in [3.63, 3.8) is 0 Å². The summed E-state index contributed by atoms with van der Waals surface area (Å²) in [5.41, 5.74) is 20.4. The number of fused-ring (bicyclic) bond motifs is 4. The van der Waals surface area contributed by atoms with Crippen molar-refractivity contribution in [3.8, 4) is 55.6 Å². The van der Waals surface area contributed by atoms with Gasteiger partial charge in [-0.05, 0) is 82.0 Å². The van der Waals surface area contributed by atoms with Gasteiger partial charge in [0.15, 0.2) is 11.4 Å². The van der Waals surface area contributed by atoms with E-state index in [1.165, 1.54) is 94.0 Å². The molecule has 10 aromatic rings. The second kappa shape index (κ2) is 16.3. The summed E-state index contributed by atoms with van der Waals surface area (Å²) in [6.45, 7) is 5.17. The zero-order valence-corrected chi connectivity index (χ0v) is 35.7. The summed E-state index contributed by atoms with van der Waals surface area (Å²) in [4.78, 5) is 0. The van der Waals surface area contributed by atoms with E-state index in [1.54, 1.807) is 0 Å². The molecule has 1 aliphatic rings. The summed E-state index contributed by atoms with van der Waals surface area (Å²) >= 11 is 0. The van der Waals surface area contributed by atoms with Gasteiger partial charge in [0.2, 0.25) is 0 Å². The summed E-state index contributed by atoms with van der Waals surface area (Å²) in [5, 5.41) is 14.8. The molecule has 3 heteroatoms. The third-order valence-corrected chi connectivity index (χ3v) is 13.0. The van der Waals surface area contributed by atoms with Gasteiger partial charge in [-0.3, -0.25) is 0 Å². The highest BCUT2D eigenvalue weighted by atomic mass is 15.1. The van der Waals surface area contributed by atoms with Crippen LogP contribution >= 0.6 is 0 Å².